The molecule has 0 bridgehead atoms. The molecule has 0 aliphatic rings. The summed E-state index contributed by atoms with van der Waals surface area (Å²) in [5, 5.41) is 9.14. The minimum absolute atomic E-state index is 0.0912. The quantitative estimate of drug-likeness (QED) is 0.244. The summed E-state index contributed by atoms with van der Waals surface area (Å²) in [5.41, 5.74) is 1.64. The van der Waals surface area contributed by atoms with E-state index in [1.54, 1.807) is 37.6 Å². The zero-order valence-corrected chi connectivity index (χ0v) is 18.2. The maximum atomic E-state index is 13.8. The molecule has 4 aromatic rings. The first-order valence-electron chi connectivity index (χ1n) is 9.80. The Morgan fingerprint density at radius 3 is 2.72 bits per heavy atom. The molecule has 7 nitrogen and oxygen atoms in total. The molecular weight excluding hydrogens is 431 g/mol. The number of ether oxygens (including phenoxy) is 2. The van der Waals surface area contributed by atoms with E-state index >= 15 is 0 Å². The minimum Gasteiger partial charge on any atom is -0.497 e. The third-order valence-corrected chi connectivity index (χ3v) is 5.54. The van der Waals surface area contributed by atoms with Crippen molar-refractivity contribution in [3.8, 4) is 23.0 Å². The van der Waals surface area contributed by atoms with Crippen molar-refractivity contribution in [2.24, 2.45) is 0 Å². The molecule has 32 heavy (non-hydrogen) atoms. The Bertz CT molecular complexity index is 1190. The number of halogens is 1. The van der Waals surface area contributed by atoms with Crippen LogP contribution in [0.15, 0.2) is 77.0 Å². The number of hydrogen-bond acceptors (Lipinski definition) is 7. The highest BCUT2D eigenvalue weighted by Gasteiger charge is 2.15. The van der Waals surface area contributed by atoms with E-state index in [1.807, 2.05) is 28.8 Å². The van der Waals surface area contributed by atoms with Crippen LogP contribution in [-0.2, 0) is 18.9 Å². The number of benzene rings is 2. The summed E-state index contributed by atoms with van der Waals surface area (Å²) < 4.78 is 32.1. The second-order valence-electron chi connectivity index (χ2n) is 6.68. The van der Waals surface area contributed by atoms with Gasteiger partial charge < -0.3 is 13.9 Å². The second kappa shape index (κ2) is 10.1. The van der Waals surface area contributed by atoms with E-state index < -0.39 is 5.82 Å². The van der Waals surface area contributed by atoms with Gasteiger partial charge in [0.2, 0.25) is 5.89 Å². The SMILES string of the molecule is C=CCn1c(COc2ccccc2F)nnc1SCc1coc(-c2ccc(OC)cc2)n1. The molecule has 164 valence electrons. The Labute approximate surface area is 188 Å². The third kappa shape index (κ3) is 5.00. The standard InChI is InChI=1S/C23H21FN4O3S/c1-3-12-28-21(14-30-20-7-5-4-6-19(20)24)26-27-23(28)32-15-17-13-31-22(25-17)16-8-10-18(29-2)11-9-16/h3-11,13H,1,12,14-15H2,2H3. The van der Waals surface area contributed by atoms with Crippen LogP contribution in [0.5, 0.6) is 11.5 Å². The molecule has 0 saturated carbocycles. The molecule has 2 aromatic carbocycles. The molecule has 2 heterocycles. The fourth-order valence-electron chi connectivity index (χ4n) is 2.93. The summed E-state index contributed by atoms with van der Waals surface area (Å²) in [6.45, 7) is 4.39. The molecule has 2 aromatic heterocycles. The monoisotopic (exact) mass is 452 g/mol. The summed E-state index contributed by atoms with van der Waals surface area (Å²) in [5.74, 6) is 2.18. The van der Waals surface area contributed by atoms with E-state index in [9.17, 15) is 4.39 Å². The number of para-hydroxylation sites is 1. The lowest BCUT2D eigenvalue weighted by Gasteiger charge is -2.09. The van der Waals surface area contributed by atoms with Crippen LogP contribution >= 0.6 is 11.8 Å². The third-order valence-electron chi connectivity index (χ3n) is 4.54. The molecule has 0 amide bonds. The van der Waals surface area contributed by atoms with Crippen LogP contribution in [0.25, 0.3) is 11.5 Å². The van der Waals surface area contributed by atoms with Crippen molar-refractivity contribution in [3.63, 3.8) is 0 Å². The summed E-state index contributed by atoms with van der Waals surface area (Å²) in [7, 11) is 1.62. The predicted molar refractivity (Wildman–Crippen MR) is 119 cm³/mol. The maximum absolute atomic E-state index is 13.8. The summed E-state index contributed by atoms with van der Waals surface area (Å²) in [4.78, 5) is 4.55. The van der Waals surface area contributed by atoms with Crippen LogP contribution < -0.4 is 9.47 Å². The van der Waals surface area contributed by atoms with Crippen LogP contribution in [-0.4, -0.2) is 26.9 Å². The van der Waals surface area contributed by atoms with Crippen LogP contribution in [0.2, 0.25) is 0 Å². The molecule has 0 saturated heterocycles. The molecule has 0 spiro atoms. The normalized spacial score (nSPS) is 10.8. The lowest BCUT2D eigenvalue weighted by atomic mass is 10.2. The summed E-state index contributed by atoms with van der Waals surface area (Å²) >= 11 is 1.47. The number of allylic oxidation sites excluding steroid dienone is 1. The number of nitrogens with zero attached hydrogens (tertiary/aromatic N) is 4. The molecule has 9 heteroatoms. The van der Waals surface area contributed by atoms with Gasteiger partial charge in [-0.3, -0.25) is 4.57 Å². The van der Waals surface area contributed by atoms with Gasteiger partial charge in [-0.1, -0.05) is 30.0 Å². The predicted octanol–water partition coefficient (Wildman–Crippen LogP) is 5.14. The van der Waals surface area contributed by atoms with E-state index in [0.29, 0.717) is 29.2 Å². The number of aromatic nitrogens is 4. The zero-order chi connectivity index (χ0) is 22.3. The molecule has 0 N–H and O–H groups in total. The smallest absolute Gasteiger partial charge is 0.226 e. The first-order valence-corrected chi connectivity index (χ1v) is 10.8. The van der Waals surface area contributed by atoms with Gasteiger partial charge in [-0.15, -0.1) is 16.8 Å². The van der Waals surface area contributed by atoms with E-state index in [1.165, 1.54) is 17.8 Å². The molecule has 0 fully saturated rings. The average molecular weight is 453 g/mol. The largest absolute Gasteiger partial charge is 0.497 e. The summed E-state index contributed by atoms with van der Waals surface area (Å²) in [6, 6.07) is 13.8. The number of thioether (sulfide) groups is 1. The van der Waals surface area contributed by atoms with Crippen molar-refractivity contribution in [2.75, 3.05) is 7.11 Å². The Hall–Kier alpha value is -3.59. The fourth-order valence-corrected chi connectivity index (χ4v) is 3.77. The van der Waals surface area contributed by atoms with Crippen molar-refractivity contribution in [3.05, 3.63) is 84.8 Å². The number of hydrogen-bond donors (Lipinski definition) is 0. The van der Waals surface area contributed by atoms with Crippen molar-refractivity contribution in [1.29, 1.82) is 0 Å². The molecule has 0 radical (unpaired) electrons. The van der Waals surface area contributed by atoms with Gasteiger partial charge in [0.1, 0.15) is 18.6 Å². The van der Waals surface area contributed by atoms with Gasteiger partial charge in [-0.25, -0.2) is 9.37 Å². The van der Waals surface area contributed by atoms with E-state index in [0.717, 1.165) is 17.0 Å². The van der Waals surface area contributed by atoms with Gasteiger partial charge in [0.05, 0.1) is 12.8 Å². The van der Waals surface area contributed by atoms with Crippen molar-refractivity contribution >= 4 is 11.8 Å². The Kier molecular flexibility index (Phi) is 6.86. The van der Waals surface area contributed by atoms with Crippen LogP contribution in [0.3, 0.4) is 0 Å². The van der Waals surface area contributed by atoms with Crippen molar-refractivity contribution < 1.29 is 18.3 Å². The van der Waals surface area contributed by atoms with E-state index in [2.05, 4.69) is 21.8 Å². The first-order chi connectivity index (χ1) is 15.7. The molecule has 0 aliphatic heterocycles. The average Bonchev–Trinajstić information content (AvgIpc) is 3.45. The van der Waals surface area contributed by atoms with Gasteiger partial charge in [0.15, 0.2) is 22.5 Å². The Morgan fingerprint density at radius 1 is 1.16 bits per heavy atom. The minimum atomic E-state index is -0.421. The molecule has 4 rings (SSSR count). The molecule has 0 atom stereocenters. The van der Waals surface area contributed by atoms with Crippen LogP contribution in [0.4, 0.5) is 4.39 Å². The lowest BCUT2D eigenvalue weighted by Crippen LogP contribution is -2.08. The number of methoxy groups -OCH3 is 1. The number of oxazole rings is 1. The highest BCUT2D eigenvalue weighted by atomic mass is 32.2. The topological polar surface area (TPSA) is 75.2 Å². The maximum Gasteiger partial charge on any atom is 0.226 e. The first kappa shape index (κ1) is 21.6. The Morgan fingerprint density at radius 2 is 1.97 bits per heavy atom. The van der Waals surface area contributed by atoms with Gasteiger partial charge >= 0.3 is 0 Å². The van der Waals surface area contributed by atoms with E-state index in [-0.39, 0.29) is 12.4 Å². The molecular formula is C23H21FN4O3S. The second-order valence-corrected chi connectivity index (χ2v) is 7.62. The van der Waals surface area contributed by atoms with Gasteiger partial charge in [-0.05, 0) is 36.4 Å². The van der Waals surface area contributed by atoms with Gasteiger partial charge in [0.25, 0.3) is 0 Å². The highest BCUT2D eigenvalue weighted by molar-refractivity contribution is 7.98. The fraction of sp³-hybridized carbons (Fsp3) is 0.174. The number of rotatable bonds is 10. The van der Waals surface area contributed by atoms with Gasteiger partial charge in [0, 0.05) is 17.9 Å². The van der Waals surface area contributed by atoms with Crippen molar-refractivity contribution in [2.45, 2.75) is 24.1 Å². The molecule has 0 unspecified atom stereocenters. The lowest BCUT2D eigenvalue weighted by molar-refractivity contribution is 0.275. The Balaban J connectivity index is 1.42. The molecule has 0 aliphatic carbocycles. The van der Waals surface area contributed by atoms with Crippen molar-refractivity contribution in [1.82, 2.24) is 19.7 Å². The highest BCUT2D eigenvalue weighted by Crippen LogP contribution is 2.26. The van der Waals surface area contributed by atoms with Crippen LogP contribution in [0.1, 0.15) is 11.5 Å². The zero-order valence-electron chi connectivity index (χ0n) is 17.4. The van der Waals surface area contributed by atoms with Crippen LogP contribution in [0, 0.1) is 5.82 Å². The summed E-state index contributed by atoms with van der Waals surface area (Å²) in [6.07, 6.45) is 3.38. The van der Waals surface area contributed by atoms with Gasteiger partial charge in [-0.2, -0.15) is 0 Å². The van der Waals surface area contributed by atoms with E-state index in [4.69, 9.17) is 13.9 Å².